The molecule has 0 radical (unpaired) electrons. The second-order valence-electron chi connectivity index (χ2n) is 7.41. The summed E-state index contributed by atoms with van der Waals surface area (Å²) in [6, 6.07) is 8.92. The summed E-state index contributed by atoms with van der Waals surface area (Å²) in [5.41, 5.74) is 2.18. The summed E-state index contributed by atoms with van der Waals surface area (Å²) in [6.07, 6.45) is 8.25. The van der Waals surface area contributed by atoms with Gasteiger partial charge in [-0.25, -0.2) is 4.98 Å². The number of nitrogens with zero attached hydrogens (tertiary/aromatic N) is 4. The molecule has 0 bridgehead atoms. The van der Waals surface area contributed by atoms with Crippen LogP contribution >= 0.6 is 0 Å². The number of anilines is 1. The highest BCUT2D eigenvalue weighted by Crippen LogP contribution is 2.33. The normalized spacial score (nSPS) is 18.0. The van der Waals surface area contributed by atoms with Crippen LogP contribution in [0.4, 0.5) is 5.82 Å². The van der Waals surface area contributed by atoms with Crippen molar-refractivity contribution in [3.05, 3.63) is 42.9 Å². The average Bonchev–Trinajstić information content (AvgIpc) is 3.32. The SMILES string of the molecule is Cn1cc(-c2ccc3cnc(NC(=O)C4CN(C5CC5)C4)cc3c2)cn1. The van der Waals surface area contributed by atoms with E-state index in [2.05, 4.69) is 38.5 Å². The number of nitrogens with one attached hydrogen (secondary N) is 1. The third-order valence-electron chi connectivity index (χ3n) is 5.36. The molecule has 1 aliphatic carbocycles. The van der Waals surface area contributed by atoms with E-state index < -0.39 is 0 Å². The summed E-state index contributed by atoms with van der Waals surface area (Å²) in [7, 11) is 1.91. The Morgan fingerprint density at radius 1 is 1.12 bits per heavy atom. The molecule has 6 nitrogen and oxygen atoms in total. The number of amides is 1. The molecule has 2 fully saturated rings. The van der Waals surface area contributed by atoms with Crippen molar-refractivity contribution in [2.24, 2.45) is 13.0 Å². The molecule has 0 atom stereocenters. The van der Waals surface area contributed by atoms with Gasteiger partial charge in [0, 0.05) is 49.5 Å². The minimum Gasteiger partial charge on any atom is -0.310 e. The quantitative estimate of drug-likeness (QED) is 0.788. The first-order valence-electron chi connectivity index (χ1n) is 9.09. The predicted molar refractivity (Wildman–Crippen MR) is 101 cm³/mol. The van der Waals surface area contributed by atoms with Crippen molar-refractivity contribution in [2.45, 2.75) is 18.9 Å². The summed E-state index contributed by atoms with van der Waals surface area (Å²) in [5, 5.41) is 9.33. The fourth-order valence-corrected chi connectivity index (χ4v) is 3.60. The first-order valence-corrected chi connectivity index (χ1v) is 9.09. The molecule has 132 valence electrons. The lowest BCUT2D eigenvalue weighted by Crippen LogP contribution is -2.52. The van der Waals surface area contributed by atoms with E-state index in [1.165, 1.54) is 12.8 Å². The molecule has 1 aromatic carbocycles. The van der Waals surface area contributed by atoms with E-state index >= 15 is 0 Å². The fraction of sp³-hybridized carbons (Fsp3) is 0.350. The molecule has 3 aromatic rings. The standard InChI is InChI=1S/C20H21N5O/c1-24-10-16(9-22-24)13-2-3-14-8-21-19(7-15(14)6-13)23-20(26)17-11-25(12-17)18-4-5-18/h2-3,6-10,17-18H,4-5,11-12H2,1H3,(H,21,23,26). The van der Waals surface area contributed by atoms with Crippen LogP contribution in [0.15, 0.2) is 42.9 Å². The van der Waals surface area contributed by atoms with Crippen LogP contribution in [0.25, 0.3) is 21.9 Å². The summed E-state index contributed by atoms with van der Waals surface area (Å²) in [4.78, 5) is 19.2. The third-order valence-corrected chi connectivity index (χ3v) is 5.36. The number of likely N-dealkylation sites (tertiary alicyclic amines) is 1. The lowest BCUT2D eigenvalue weighted by Gasteiger charge is -2.38. The van der Waals surface area contributed by atoms with Crippen molar-refractivity contribution in [1.29, 1.82) is 0 Å². The van der Waals surface area contributed by atoms with Gasteiger partial charge in [0.1, 0.15) is 5.82 Å². The van der Waals surface area contributed by atoms with Gasteiger partial charge in [-0.2, -0.15) is 5.10 Å². The van der Waals surface area contributed by atoms with E-state index in [0.29, 0.717) is 5.82 Å². The summed E-state index contributed by atoms with van der Waals surface area (Å²) in [5.74, 6) is 0.794. The molecule has 2 aromatic heterocycles. The molecule has 26 heavy (non-hydrogen) atoms. The third kappa shape index (κ3) is 2.86. The Labute approximate surface area is 151 Å². The van der Waals surface area contributed by atoms with Crippen molar-refractivity contribution in [2.75, 3.05) is 18.4 Å². The van der Waals surface area contributed by atoms with Crippen molar-refractivity contribution in [3.63, 3.8) is 0 Å². The number of aryl methyl sites for hydroxylation is 1. The van der Waals surface area contributed by atoms with E-state index in [4.69, 9.17) is 0 Å². The maximum atomic E-state index is 12.4. The van der Waals surface area contributed by atoms with E-state index in [1.54, 1.807) is 4.68 Å². The summed E-state index contributed by atoms with van der Waals surface area (Å²) in [6.45, 7) is 1.77. The largest absolute Gasteiger partial charge is 0.310 e. The predicted octanol–water partition coefficient (Wildman–Crippen LogP) is 2.67. The second-order valence-corrected chi connectivity index (χ2v) is 7.41. The number of fused-ring (bicyclic) bond motifs is 1. The summed E-state index contributed by atoms with van der Waals surface area (Å²) >= 11 is 0. The Hall–Kier alpha value is -2.73. The number of carbonyl (C=O) groups is 1. The van der Waals surface area contributed by atoms with Crippen LogP contribution < -0.4 is 5.32 Å². The van der Waals surface area contributed by atoms with Gasteiger partial charge in [-0.05, 0) is 35.9 Å². The highest BCUT2D eigenvalue weighted by Gasteiger charge is 2.40. The second kappa shape index (κ2) is 5.92. The van der Waals surface area contributed by atoms with Crippen LogP contribution in [0.2, 0.25) is 0 Å². The van der Waals surface area contributed by atoms with Crippen LogP contribution in [0, 0.1) is 5.92 Å². The van der Waals surface area contributed by atoms with Crippen LogP contribution in [0.5, 0.6) is 0 Å². The van der Waals surface area contributed by atoms with Gasteiger partial charge >= 0.3 is 0 Å². The van der Waals surface area contributed by atoms with Gasteiger partial charge < -0.3 is 5.32 Å². The maximum Gasteiger partial charge on any atom is 0.231 e. The van der Waals surface area contributed by atoms with Gasteiger partial charge in [-0.1, -0.05) is 12.1 Å². The van der Waals surface area contributed by atoms with Crippen LogP contribution in [0.3, 0.4) is 0 Å². The van der Waals surface area contributed by atoms with Crippen molar-refractivity contribution in [3.8, 4) is 11.1 Å². The zero-order valence-electron chi connectivity index (χ0n) is 14.7. The highest BCUT2D eigenvalue weighted by molar-refractivity contribution is 5.95. The number of rotatable bonds is 4. The zero-order valence-corrected chi connectivity index (χ0v) is 14.7. The Balaban J connectivity index is 1.34. The molecular weight excluding hydrogens is 326 g/mol. The molecule has 3 heterocycles. The first kappa shape index (κ1) is 15.5. The van der Waals surface area contributed by atoms with Crippen molar-refractivity contribution >= 4 is 22.5 Å². The lowest BCUT2D eigenvalue weighted by molar-refractivity contribution is -0.125. The molecule has 1 saturated carbocycles. The van der Waals surface area contributed by atoms with E-state index in [1.807, 2.05) is 31.7 Å². The van der Waals surface area contributed by atoms with E-state index in [9.17, 15) is 4.79 Å². The number of hydrogen-bond acceptors (Lipinski definition) is 4. The molecule has 1 N–H and O–H groups in total. The van der Waals surface area contributed by atoms with E-state index in [0.717, 1.165) is 41.0 Å². The maximum absolute atomic E-state index is 12.4. The zero-order chi connectivity index (χ0) is 17.7. The molecule has 2 aliphatic rings. The van der Waals surface area contributed by atoms with Gasteiger partial charge in [0.2, 0.25) is 5.91 Å². The summed E-state index contributed by atoms with van der Waals surface area (Å²) < 4.78 is 1.79. The lowest BCUT2D eigenvalue weighted by atomic mass is 9.99. The van der Waals surface area contributed by atoms with Crippen molar-refractivity contribution in [1.82, 2.24) is 19.7 Å². The van der Waals surface area contributed by atoms with Crippen LogP contribution in [-0.2, 0) is 11.8 Å². The minimum atomic E-state index is 0.0807. The van der Waals surface area contributed by atoms with Crippen molar-refractivity contribution < 1.29 is 4.79 Å². The van der Waals surface area contributed by atoms with Gasteiger partial charge in [0.25, 0.3) is 0 Å². The molecule has 1 amide bonds. The van der Waals surface area contributed by atoms with Gasteiger partial charge in [0.05, 0.1) is 12.1 Å². The molecule has 6 heteroatoms. The molecule has 1 aliphatic heterocycles. The monoisotopic (exact) mass is 347 g/mol. The smallest absolute Gasteiger partial charge is 0.231 e. The molecule has 0 unspecified atom stereocenters. The number of benzene rings is 1. The Morgan fingerprint density at radius 3 is 2.69 bits per heavy atom. The fourth-order valence-electron chi connectivity index (χ4n) is 3.60. The molecule has 1 saturated heterocycles. The number of hydrogen-bond donors (Lipinski definition) is 1. The van der Waals surface area contributed by atoms with Crippen LogP contribution in [0.1, 0.15) is 12.8 Å². The first-order chi connectivity index (χ1) is 12.7. The highest BCUT2D eigenvalue weighted by atomic mass is 16.2. The number of pyridine rings is 1. The Kier molecular flexibility index (Phi) is 3.53. The van der Waals surface area contributed by atoms with Crippen LogP contribution in [-0.4, -0.2) is 44.7 Å². The molecule has 5 rings (SSSR count). The topological polar surface area (TPSA) is 63.1 Å². The Bertz CT molecular complexity index is 985. The minimum absolute atomic E-state index is 0.0807. The van der Waals surface area contributed by atoms with Gasteiger partial charge in [-0.3, -0.25) is 14.4 Å². The number of aromatic nitrogens is 3. The van der Waals surface area contributed by atoms with Gasteiger partial charge in [0.15, 0.2) is 0 Å². The molecule has 0 spiro atoms. The number of carbonyl (C=O) groups excluding carboxylic acids is 1. The average molecular weight is 347 g/mol. The Morgan fingerprint density at radius 2 is 1.96 bits per heavy atom. The molecular formula is C20H21N5O. The van der Waals surface area contributed by atoms with E-state index in [-0.39, 0.29) is 11.8 Å². The van der Waals surface area contributed by atoms with Gasteiger partial charge in [-0.15, -0.1) is 0 Å².